The van der Waals surface area contributed by atoms with Crippen LogP contribution in [0.5, 0.6) is 23.0 Å². The largest absolute Gasteiger partial charge is 0.493 e. The van der Waals surface area contributed by atoms with Crippen LogP contribution >= 0.6 is 17.0 Å². The fourth-order valence-corrected chi connectivity index (χ4v) is 4.76. The van der Waals surface area contributed by atoms with E-state index in [2.05, 4.69) is 6.58 Å². The fourth-order valence-electron chi connectivity index (χ4n) is 4.76. The summed E-state index contributed by atoms with van der Waals surface area (Å²) < 4.78 is 37.9. The molecular formula is C32H42BrFN2O7. The lowest BCUT2D eigenvalue weighted by Gasteiger charge is -2.26. The molecule has 1 aliphatic rings. The third-order valence-electron chi connectivity index (χ3n) is 6.97. The van der Waals surface area contributed by atoms with Crippen LogP contribution in [0, 0.1) is 11.2 Å². The lowest BCUT2D eigenvalue weighted by molar-refractivity contribution is -0.137. The van der Waals surface area contributed by atoms with Gasteiger partial charge in [-0.05, 0) is 54.9 Å². The summed E-state index contributed by atoms with van der Waals surface area (Å²) >= 11 is 0. The Kier molecular flexibility index (Phi) is 13.0. The first-order valence-electron chi connectivity index (χ1n) is 14.0. The van der Waals surface area contributed by atoms with Gasteiger partial charge in [-0.1, -0.05) is 26.8 Å². The second-order valence-corrected chi connectivity index (χ2v) is 11.2. The molecule has 43 heavy (non-hydrogen) atoms. The molecule has 2 aromatic rings. The van der Waals surface area contributed by atoms with Crippen LogP contribution in [0.3, 0.4) is 0 Å². The standard InChI is InChI=1S/C32H41FN2O7.BrH/c1-7-8-10-13-41-25-16-20(15-22(32(2,3)4)29(25)42-14-11-9-12-26(37)38)23(36)19-35-18-21-17-24(39-5)30(40-6)28(33)27(21)31(35)34;/h7,15-17,34H,1,8-14,18-19H2,2-6H3,(H,37,38);1H. The molecule has 9 nitrogen and oxygen atoms in total. The minimum Gasteiger partial charge on any atom is -0.493 e. The number of Topliss-reactive ketones (excluding diaryl/α,β-unsaturated/α-hetero) is 1. The van der Waals surface area contributed by atoms with E-state index in [1.807, 2.05) is 20.8 Å². The summed E-state index contributed by atoms with van der Waals surface area (Å²) in [6.45, 7) is 10.5. The molecule has 0 unspecified atom stereocenters. The van der Waals surface area contributed by atoms with Gasteiger partial charge in [0.2, 0.25) is 0 Å². The maximum atomic E-state index is 15.2. The summed E-state index contributed by atoms with van der Waals surface area (Å²) in [7, 11) is 2.75. The number of unbranched alkanes of at least 4 members (excludes halogenated alkanes) is 2. The van der Waals surface area contributed by atoms with Crippen LogP contribution in [0.25, 0.3) is 0 Å². The van der Waals surface area contributed by atoms with Gasteiger partial charge in [-0.25, -0.2) is 4.39 Å². The van der Waals surface area contributed by atoms with Gasteiger partial charge in [0.15, 0.2) is 34.6 Å². The highest BCUT2D eigenvalue weighted by Crippen LogP contribution is 2.41. The SMILES string of the molecule is Br.C=CCCCOc1cc(C(=O)CN2Cc3cc(OC)c(OC)c(F)c3C2=N)cc(C(C)(C)C)c1OCCCCC(=O)O. The van der Waals surface area contributed by atoms with Gasteiger partial charge in [0.1, 0.15) is 5.84 Å². The zero-order valence-corrected chi connectivity index (χ0v) is 27.2. The Labute approximate surface area is 263 Å². The number of nitrogens with one attached hydrogen (secondary N) is 1. The number of halogens is 2. The smallest absolute Gasteiger partial charge is 0.303 e. The Balaban J connectivity index is 0.00000645. The van der Waals surface area contributed by atoms with E-state index in [-0.39, 0.29) is 65.2 Å². The van der Waals surface area contributed by atoms with Crippen molar-refractivity contribution in [3.8, 4) is 23.0 Å². The number of hydrogen-bond donors (Lipinski definition) is 2. The highest BCUT2D eigenvalue weighted by Gasteiger charge is 2.33. The van der Waals surface area contributed by atoms with Crippen molar-refractivity contribution in [2.24, 2.45) is 0 Å². The Bertz CT molecular complexity index is 1340. The van der Waals surface area contributed by atoms with Crippen LogP contribution in [0.15, 0.2) is 30.9 Å². The molecule has 1 aliphatic heterocycles. The second kappa shape index (κ2) is 15.7. The molecule has 236 valence electrons. The number of hydrogen-bond acceptors (Lipinski definition) is 7. The number of methoxy groups -OCH3 is 2. The number of carbonyl (C=O) groups is 2. The van der Waals surface area contributed by atoms with Crippen molar-refractivity contribution in [2.45, 2.75) is 64.8 Å². The van der Waals surface area contributed by atoms with E-state index in [1.54, 1.807) is 24.3 Å². The van der Waals surface area contributed by atoms with Gasteiger partial charge < -0.3 is 29.0 Å². The molecule has 11 heteroatoms. The molecule has 0 bridgehead atoms. The molecule has 0 atom stereocenters. The number of amidine groups is 1. The van der Waals surface area contributed by atoms with Crippen molar-refractivity contribution < 1.29 is 38.0 Å². The first-order chi connectivity index (χ1) is 19.9. The Morgan fingerprint density at radius 1 is 1.05 bits per heavy atom. The van der Waals surface area contributed by atoms with Crippen LogP contribution in [0.1, 0.15) is 79.9 Å². The molecule has 0 aromatic heterocycles. The second-order valence-electron chi connectivity index (χ2n) is 11.2. The number of carbonyl (C=O) groups excluding carboxylic acids is 1. The Morgan fingerprint density at radius 2 is 1.74 bits per heavy atom. The van der Waals surface area contributed by atoms with Gasteiger partial charge >= 0.3 is 5.97 Å². The highest BCUT2D eigenvalue weighted by molar-refractivity contribution is 8.93. The first-order valence-corrected chi connectivity index (χ1v) is 14.0. The number of carboxylic acids is 1. The van der Waals surface area contributed by atoms with Crippen molar-refractivity contribution in [1.29, 1.82) is 5.41 Å². The van der Waals surface area contributed by atoms with Crippen LogP contribution in [-0.2, 0) is 16.8 Å². The van der Waals surface area contributed by atoms with Crippen LogP contribution in [0.2, 0.25) is 0 Å². The van der Waals surface area contributed by atoms with E-state index in [0.717, 1.165) is 18.4 Å². The Morgan fingerprint density at radius 3 is 2.35 bits per heavy atom. The summed E-state index contributed by atoms with van der Waals surface area (Å²) in [5.41, 5.74) is 1.37. The molecule has 0 amide bonds. The van der Waals surface area contributed by atoms with Crippen molar-refractivity contribution in [3.05, 3.63) is 58.9 Å². The summed E-state index contributed by atoms with van der Waals surface area (Å²) in [5, 5.41) is 17.5. The maximum absolute atomic E-state index is 15.2. The van der Waals surface area contributed by atoms with Gasteiger partial charge in [0.05, 0.1) is 39.5 Å². The van der Waals surface area contributed by atoms with Crippen molar-refractivity contribution >= 4 is 34.6 Å². The lowest BCUT2D eigenvalue weighted by atomic mass is 9.84. The minimum atomic E-state index is -0.852. The van der Waals surface area contributed by atoms with Crippen LogP contribution in [-0.4, -0.2) is 61.6 Å². The van der Waals surface area contributed by atoms with Gasteiger partial charge in [-0.15, -0.1) is 23.6 Å². The van der Waals surface area contributed by atoms with Gasteiger partial charge in [-0.2, -0.15) is 0 Å². The van der Waals surface area contributed by atoms with Crippen molar-refractivity contribution in [2.75, 3.05) is 34.0 Å². The minimum absolute atomic E-state index is 0. The van der Waals surface area contributed by atoms with Crippen LogP contribution < -0.4 is 18.9 Å². The number of benzene rings is 2. The van der Waals surface area contributed by atoms with Gasteiger partial charge in [0.25, 0.3) is 0 Å². The topological polar surface area (TPSA) is 118 Å². The molecule has 0 saturated heterocycles. The van der Waals surface area contributed by atoms with Gasteiger partial charge in [0, 0.05) is 24.1 Å². The van der Waals surface area contributed by atoms with Crippen molar-refractivity contribution in [3.63, 3.8) is 0 Å². The van der Waals surface area contributed by atoms with E-state index in [4.69, 9.17) is 29.5 Å². The van der Waals surface area contributed by atoms with Crippen molar-refractivity contribution in [1.82, 2.24) is 4.90 Å². The summed E-state index contributed by atoms with van der Waals surface area (Å²) in [4.78, 5) is 26.1. The normalized spacial score (nSPS) is 12.3. The number of nitrogens with zero attached hydrogens (tertiary/aromatic N) is 1. The predicted molar refractivity (Wildman–Crippen MR) is 168 cm³/mol. The number of fused-ring (bicyclic) bond motifs is 1. The zero-order chi connectivity index (χ0) is 31.0. The summed E-state index contributed by atoms with van der Waals surface area (Å²) in [6.07, 6.45) is 4.39. The predicted octanol–water partition coefficient (Wildman–Crippen LogP) is 6.72. The molecular weight excluding hydrogens is 623 g/mol. The molecule has 0 saturated carbocycles. The molecule has 2 N–H and O–H groups in total. The Hall–Kier alpha value is -3.60. The number of aliphatic carboxylic acids is 1. The first kappa shape index (κ1) is 35.6. The number of carboxylic acid groups (broad SMARTS) is 1. The average Bonchev–Trinajstić information content (AvgIpc) is 3.24. The number of ketones is 1. The molecule has 1 heterocycles. The quantitative estimate of drug-likeness (QED) is 0.115. The third-order valence-corrected chi connectivity index (χ3v) is 6.97. The maximum Gasteiger partial charge on any atom is 0.303 e. The van der Waals surface area contributed by atoms with Crippen LogP contribution in [0.4, 0.5) is 4.39 Å². The lowest BCUT2D eigenvalue weighted by Crippen LogP contribution is -2.30. The zero-order valence-electron chi connectivity index (χ0n) is 25.5. The molecule has 0 fully saturated rings. The highest BCUT2D eigenvalue weighted by atomic mass is 79.9. The molecule has 2 aromatic carbocycles. The number of rotatable bonds is 16. The summed E-state index contributed by atoms with van der Waals surface area (Å²) in [6, 6.07) is 5.06. The monoisotopic (exact) mass is 664 g/mol. The third kappa shape index (κ3) is 8.72. The molecule has 0 spiro atoms. The molecule has 0 aliphatic carbocycles. The number of allylic oxidation sites excluding steroid dienone is 1. The van der Waals surface area contributed by atoms with E-state index < -0.39 is 17.2 Å². The molecule has 0 radical (unpaired) electrons. The summed E-state index contributed by atoms with van der Waals surface area (Å²) in [5.74, 6) is -0.820. The van der Waals surface area contributed by atoms with E-state index >= 15 is 4.39 Å². The number of ether oxygens (including phenoxy) is 4. The molecule has 3 rings (SSSR count). The van der Waals surface area contributed by atoms with E-state index in [9.17, 15) is 9.59 Å². The van der Waals surface area contributed by atoms with Gasteiger partial charge in [-0.3, -0.25) is 15.0 Å². The van der Waals surface area contributed by atoms with E-state index in [1.165, 1.54) is 19.1 Å². The average molecular weight is 666 g/mol. The van der Waals surface area contributed by atoms with E-state index in [0.29, 0.717) is 48.7 Å². The fraction of sp³-hybridized carbons (Fsp3) is 0.469.